The number of alkyl halides is 3. The Morgan fingerprint density at radius 3 is 2.19 bits per heavy atom. The second kappa shape index (κ2) is 12.5. The highest BCUT2D eigenvalue weighted by Crippen LogP contribution is 2.49. The van der Waals surface area contributed by atoms with Crippen LogP contribution in [0.15, 0.2) is 109 Å². The summed E-state index contributed by atoms with van der Waals surface area (Å²) in [7, 11) is 5.47. The van der Waals surface area contributed by atoms with Gasteiger partial charge in [0.2, 0.25) is 5.88 Å². The predicted octanol–water partition coefficient (Wildman–Crippen LogP) is 7.78. The molecule has 1 aromatic heterocycles. The molecule has 5 rings (SSSR count). The standard InChI is InChI=1S/C35H33F3N2O3/c1-40(2)21-20-34(41,31-15-9-13-25-10-7-8-14-29(25)31)32(26-11-5-4-6-12-26)30-22-27(23-39-33(30)42-3)24-16-18-28(19-17-24)43-35(36,37)38/h4-19,22-23,32,41H,20-21H2,1-3H3. The van der Waals surface area contributed by atoms with Crippen molar-refractivity contribution in [3.63, 3.8) is 0 Å². The Balaban J connectivity index is 1.72. The third-order valence-corrected chi connectivity index (χ3v) is 7.61. The molecule has 5 nitrogen and oxygen atoms in total. The third kappa shape index (κ3) is 6.66. The number of pyridine rings is 1. The molecule has 0 amide bonds. The Bertz CT molecular complexity index is 1670. The lowest BCUT2D eigenvalue weighted by Gasteiger charge is -2.39. The first-order valence-electron chi connectivity index (χ1n) is 13.9. The summed E-state index contributed by atoms with van der Waals surface area (Å²) in [5.74, 6) is -0.582. The van der Waals surface area contributed by atoms with Gasteiger partial charge in [0.1, 0.15) is 11.4 Å². The lowest BCUT2D eigenvalue weighted by molar-refractivity contribution is -0.274. The number of methoxy groups -OCH3 is 1. The molecular formula is C35H33F3N2O3. The summed E-state index contributed by atoms with van der Waals surface area (Å²) in [4.78, 5) is 6.65. The molecule has 0 fully saturated rings. The minimum absolute atomic E-state index is 0.311. The quantitative estimate of drug-likeness (QED) is 0.181. The number of aliphatic hydroxyl groups is 1. The van der Waals surface area contributed by atoms with Gasteiger partial charge in [-0.2, -0.15) is 0 Å². The minimum atomic E-state index is -4.78. The highest BCUT2D eigenvalue weighted by atomic mass is 19.4. The van der Waals surface area contributed by atoms with Crippen molar-refractivity contribution in [3.8, 4) is 22.8 Å². The largest absolute Gasteiger partial charge is 0.573 e. The first-order chi connectivity index (χ1) is 20.6. The second-order valence-electron chi connectivity index (χ2n) is 10.7. The van der Waals surface area contributed by atoms with Gasteiger partial charge in [0, 0.05) is 29.8 Å². The van der Waals surface area contributed by atoms with E-state index < -0.39 is 17.9 Å². The van der Waals surface area contributed by atoms with E-state index in [1.54, 1.807) is 18.3 Å². The lowest BCUT2D eigenvalue weighted by Crippen LogP contribution is -2.38. The smallest absolute Gasteiger partial charge is 0.481 e. The average Bonchev–Trinajstić information content (AvgIpc) is 3.00. The summed E-state index contributed by atoms with van der Waals surface area (Å²) < 4.78 is 48.1. The third-order valence-electron chi connectivity index (χ3n) is 7.61. The highest BCUT2D eigenvalue weighted by molar-refractivity contribution is 5.86. The number of hydrogen-bond donors (Lipinski definition) is 1. The molecular weight excluding hydrogens is 553 g/mol. The zero-order valence-electron chi connectivity index (χ0n) is 24.2. The minimum Gasteiger partial charge on any atom is -0.481 e. The fourth-order valence-corrected chi connectivity index (χ4v) is 5.64. The van der Waals surface area contributed by atoms with Crippen molar-refractivity contribution in [1.82, 2.24) is 9.88 Å². The van der Waals surface area contributed by atoms with Gasteiger partial charge in [0.25, 0.3) is 0 Å². The molecule has 1 N–H and O–H groups in total. The van der Waals surface area contributed by atoms with E-state index in [1.807, 2.05) is 97.9 Å². The molecule has 2 unspecified atom stereocenters. The normalized spacial score (nSPS) is 14.0. The monoisotopic (exact) mass is 586 g/mol. The molecule has 0 saturated heterocycles. The van der Waals surface area contributed by atoms with Crippen LogP contribution in [0.2, 0.25) is 0 Å². The number of nitrogens with zero attached hydrogens (tertiary/aromatic N) is 2. The molecule has 8 heteroatoms. The summed E-state index contributed by atoms with van der Waals surface area (Å²) in [5.41, 5.74) is 2.17. The van der Waals surface area contributed by atoms with Crippen LogP contribution in [0.1, 0.15) is 29.0 Å². The molecule has 43 heavy (non-hydrogen) atoms. The van der Waals surface area contributed by atoms with E-state index in [1.165, 1.54) is 19.2 Å². The van der Waals surface area contributed by atoms with Gasteiger partial charge >= 0.3 is 6.36 Å². The van der Waals surface area contributed by atoms with E-state index >= 15 is 0 Å². The summed E-state index contributed by atoms with van der Waals surface area (Å²) >= 11 is 0. The highest BCUT2D eigenvalue weighted by Gasteiger charge is 2.43. The van der Waals surface area contributed by atoms with Gasteiger partial charge < -0.3 is 19.5 Å². The van der Waals surface area contributed by atoms with Crippen LogP contribution in [0.5, 0.6) is 11.6 Å². The first-order valence-corrected chi connectivity index (χ1v) is 13.9. The summed E-state index contributed by atoms with van der Waals surface area (Å²) in [6.45, 7) is 0.596. The van der Waals surface area contributed by atoms with E-state index in [4.69, 9.17) is 4.74 Å². The van der Waals surface area contributed by atoms with E-state index in [2.05, 4.69) is 9.72 Å². The molecule has 222 valence electrons. The van der Waals surface area contributed by atoms with Crippen molar-refractivity contribution >= 4 is 10.8 Å². The van der Waals surface area contributed by atoms with Crippen molar-refractivity contribution in [1.29, 1.82) is 0 Å². The Morgan fingerprint density at radius 2 is 1.51 bits per heavy atom. The number of benzene rings is 4. The van der Waals surface area contributed by atoms with Gasteiger partial charge in [0.05, 0.1) is 7.11 Å². The van der Waals surface area contributed by atoms with Crippen molar-refractivity contribution < 1.29 is 27.8 Å². The van der Waals surface area contributed by atoms with Gasteiger partial charge in [-0.3, -0.25) is 0 Å². The maximum Gasteiger partial charge on any atom is 0.573 e. The lowest BCUT2D eigenvalue weighted by atomic mass is 9.70. The van der Waals surface area contributed by atoms with Crippen LogP contribution in [0, 0.1) is 0 Å². The van der Waals surface area contributed by atoms with Crippen LogP contribution in [0.4, 0.5) is 13.2 Å². The molecule has 0 saturated carbocycles. The van der Waals surface area contributed by atoms with Gasteiger partial charge in [0.15, 0.2) is 0 Å². The molecule has 0 radical (unpaired) electrons. The van der Waals surface area contributed by atoms with Crippen LogP contribution < -0.4 is 9.47 Å². The fourth-order valence-electron chi connectivity index (χ4n) is 5.64. The van der Waals surface area contributed by atoms with Gasteiger partial charge in [-0.1, -0.05) is 84.9 Å². The fraction of sp³-hybridized carbons (Fsp3) is 0.229. The topological polar surface area (TPSA) is 54.8 Å². The van der Waals surface area contributed by atoms with E-state index in [-0.39, 0.29) is 5.75 Å². The van der Waals surface area contributed by atoms with Crippen LogP contribution in [0.25, 0.3) is 21.9 Å². The van der Waals surface area contributed by atoms with Crippen molar-refractivity contribution in [2.24, 2.45) is 0 Å². The molecule has 0 aliphatic rings. The molecule has 1 heterocycles. The molecule has 2 atom stereocenters. The maximum absolute atomic E-state index is 13.1. The van der Waals surface area contributed by atoms with Crippen molar-refractivity contribution in [2.45, 2.75) is 24.3 Å². The molecule has 0 aliphatic heterocycles. The van der Waals surface area contributed by atoms with Crippen LogP contribution in [-0.4, -0.2) is 49.1 Å². The van der Waals surface area contributed by atoms with Crippen molar-refractivity contribution in [3.05, 3.63) is 126 Å². The van der Waals surface area contributed by atoms with Gasteiger partial charge in [-0.15, -0.1) is 13.2 Å². The van der Waals surface area contributed by atoms with Gasteiger partial charge in [-0.25, -0.2) is 4.98 Å². The summed E-state index contributed by atoms with van der Waals surface area (Å²) in [6.07, 6.45) is -2.77. The Hall–Kier alpha value is -4.40. The number of fused-ring (bicyclic) bond motifs is 1. The SMILES string of the molecule is COc1ncc(-c2ccc(OC(F)(F)F)cc2)cc1C(c1ccccc1)C(O)(CCN(C)C)c1cccc2ccccc12. The van der Waals surface area contributed by atoms with Crippen LogP contribution in [-0.2, 0) is 5.60 Å². The van der Waals surface area contributed by atoms with Crippen molar-refractivity contribution in [2.75, 3.05) is 27.7 Å². The molecule has 5 aromatic rings. The zero-order chi connectivity index (χ0) is 30.6. The Morgan fingerprint density at radius 1 is 0.837 bits per heavy atom. The average molecular weight is 587 g/mol. The van der Waals surface area contributed by atoms with Crippen LogP contribution in [0.3, 0.4) is 0 Å². The zero-order valence-corrected chi connectivity index (χ0v) is 24.2. The maximum atomic E-state index is 13.1. The number of rotatable bonds is 10. The first kappa shape index (κ1) is 30.1. The van der Waals surface area contributed by atoms with E-state index in [0.29, 0.717) is 35.5 Å². The number of halogens is 3. The number of ether oxygens (including phenoxy) is 2. The van der Waals surface area contributed by atoms with E-state index in [9.17, 15) is 18.3 Å². The summed E-state index contributed by atoms with van der Waals surface area (Å²) in [5, 5.41) is 15.0. The Labute approximate surface area is 249 Å². The number of hydrogen-bond acceptors (Lipinski definition) is 5. The van der Waals surface area contributed by atoms with E-state index in [0.717, 1.165) is 21.9 Å². The second-order valence-corrected chi connectivity index (χ2v) is 10.7. The molecule has 0 bridgehead atoms. The van der Waals surface area contributed by atoms with Crippen LogP contribution >= 0.6 is 0 Å². The molecule has 0 aliphatic carbocycles. The van der Waals surface area contributed by atoms with Gasteiger partial charge in [-0.05, 0) is 66.2 Å². The molecule has 4 aromatic carbocycles. The molecule has 0 spiro atoms. The summed E-state index contributed by atoms with van der Waals surface area (Å²) in [6, 6.07) is 31.2. The predicted molar refractivity (Wildman–Crippen MR) is 162 cm³/mol. The number of aromatic nitrogens is 1. The Kier molecular flexibility index (Phi) is 8.71.